The molecule has 0 saturated heterocycles. The van der Waals surface area contributed by atoms with Crippen molar-refractivity contribution in [2.75, 3.05) is 39.6 Å². The molecule has 0 amide bonds. The maximum absolute atomic E-state index is 11.6. The zero-order valence-corrected chi connectivity index (χ0v) is 24.3. The maximum atomic E-state index is 11.6. The highest BCUT2D eigenvalue weighted by molar-refractivity contribution is 5.88. The van der Waals surface area contributed by atoms with Crippen molar-refractivity contribution in [3.8, 4) is 33.8 Å². The molecule has 0 heterocycles. The van der Waals surface area contributed by atoms with Crippen LogP contribution in [0.5, 0.6) is 11.5 Å². The number of hydrogen-bond donors (Lipinski definition) is 2. The van der Waals surface area contributed by atoms with Crippen molar-refractivity contribution < 1.29 is 38.7 Å². The summed E-state index contributed by atoms with van der Waals surface area (Å²) in [6.45, 7) is 10.3. The van der Waals surface area contributed by atoms with Crippen molar-refractivity contribution in [2.45, 2.75) is 19.3 Å². The number of esters is 2. The Bertz CT molecular complexity index is 1390. The Kier molecular flexibility index (Phi) is 13.2. The highest BCUT2D eigenvalue weighted by atomic mass is 16.6. The van der Waals surface area contributed by atoms with E-state index in [2.05, 4.69) is 37.9 Å². The summed E-state index contributed by atoms with van der Waals surface area (Å²) in [6.07, 6.45) is 4.71. The number of aliphatic hydroxyl groups excluding tert-OH is 2. The molecule has 0 saturated carbocycles. The number of aryl methyl sites for hydroxylation is 1. The van der Waals surface area contributed by atoms with Crippen LogP contribution in [0.1, 0.15) is 18.4 Å². The SMILES string of the molecule is C=CCCCc1cc(-c2ccc(OCCOC(=O)C(=C)CO)cc2)ccc1-c1ccc(OCCOC(=O)C(=C)CO)cc1. The van der Waals surface area contributed by atoms with E-state index < -0.39 is 25.2 Å². The van der Waals surface area contributed by atoms with Crippen molar-refractivity contribution in [1.29, 1.82) is 0 Å². The first kappa shape index (κ1) is 32.8. The molecular weight excluding hydrogens is 548 g/mol. The van der Waals surface area contributed by atoms with Gasteiger partial charge >= 0.3 is 11.9 Å². The Morgan fingerprint density at radius 2 is 1.16 bits per heavy atom. The van der Waals surface area contributed by atoms with Gasteiger partial charge in [-0.15, -0.1) is 6.58 Å². The Balaban J connectivity index is 1.64. The van der Waals surface area contributed by atoms with Gasteiger partial charge in [0, 0.05) is 0 Å². The van der Waals surface area contributed by atoms with Crippen molar-refractivity contribution in [3.05, 3.63) is 109 Å². The number of hydrogen-bond acceptors (Lipinski definition) is 8. The third-order valence-corrected chi connectivity index (χ3v) is 6.44. The van der Waals surface area contributed by atoms with Crippen molar-refractivity contribution in [2.24, 2.45) is 0 Å². The molecule has 3 aromatic rings. The van der Waals surface area contributed by atoms with Crippen molar-refractivity contribution in [3.63, 3.8) is 0 Å². The summed E-state index contributed by atoms with van der Waals surface area (Å²) in [6, 6.07) is 21.9. The quantitative estimate of drug-likeness (QED) is 0.0874. The minimum atomic E-state index is -0.639. The van der Waals surface area contributed by atoms with Gasteiger partial charge in [-0.2, -0.15) is 0 Å². The van der Waals surface area contributed by atoms with E-state index in [-0.39, 0.29) is 37.6 Å². The van der Waals surface area contributed by atoms with E-state index in [9.17, 15) is 9.59 Å². The highest BCUT2D eigenvalue weighted by Crippen LogP contribution is 2.32. The average Bonchev–Trinajstić information content (AvgIpc) is 3.04. The molecule has 0 aliphatic rings. The Labute approximate surface area is 252 Å². The first-order chi connectivity index (χ1) is 20.9. The van der Waals surface area contributed by atoms with E-state index in [4.69, 9.17) is 29.2 Å². The second kappa shape index (κ2) is 17.3. The lowest BCUT2D eigenvalue weighted by Gasteiger charge is -2.14. The summed E-state index contributed by atoms with van der Waals surface area (Å²) in [7, 11) is 0. The summed E-state index contributed by atoms with van der Waals surface area (Å²) in [4.78, 5) is 23.1. The Morgan fingerprint density at radius 1 is 0.674 bits per heavy atom. The summed E-state index contributed by atoms with van der Waals surface area (Å²) in [5.41, 5.74) is 5.55. The van der Waals surface area contributed by atoms with Gasteiger partial charge in [-0.05, 0) is 71.3 Å². The fraction of sp³-hybridized carbons (Fsp3) is 0.257. The van der Waals surface area contributed by atoms with Crippen LogP contribution in [-0.4, -0.2) is 61.8 Å². The van der Waals surface area contributed by atoms with Gasteiger partial charge in [0.15, 0.2) is 0 Å². The second-order valence-electron chi connectivity index (χ2n) is 9.59. The molecule has 0 radical (unpaired) electrons. The number of rotatable bonds is 18. The number of aliphatic hydroxyl groups is 2. The van der Waals surface area contributed by atoms with Crippen LogP contribution < -0.4 is 9.47 Å². The number of ether oxygens (including phenoxy) is 4. The molecule has 226 valence electrons. The molecule has 8 nitrogen and oxygen atoms in total. The first-order valence-corrected chi connectivity index (χ1v) is 14.0. The Morgan fingerprint density at radius 3 is 1.65 bits per heavy atom. The standard InChI is InChI=1S/C35H38O8/c1-4-5-6-7-30-22-29(27-8-13-31(14-9-27)40-18-20-42-34(38)25(2)23-36)12-17-33(30)28-10-15-32(16-11-28)41-19-21-43-35(39)26(3)24-37/h4,8-17,22,36-37H,1-3,5-7,18-21,23-24H2. The number of carbonyl (C=O) groups excluding carboxylic acids is 2. The molecule has 0 aromatic heterocycles. The molecule has 0 bridgehead atoms. The van der Waals surface area contributed by atoms with Crippen LogP contribution in [0.25, 0.3) is 22.3 Å². The normalized spacial score (nSPS) is 10.5. The van der Waals surface area contributed by atoms with E-state index in [1.165, 1.54) is 5.56 Å². The molecule has 0 aliphatic carbocycles. The molecule has 43 heavy (non-hydrogen) atoms. The fourth-order valence-electron chi connectivity index (χ4n) is 4.09. The number of unbranched alkanes of at least 4 members (excludes halogenated alkanes) is 1. The lowest BCUT2D eigenvalue weighted by atomic mass is 9.92. The predicted molar refractivity (Wildman–Crippen MR) is 166 cm³/mol. The van der Waals surface area contributed by atoms with Gasteiger partial charge in [0.1, 0.15) is 37.9 Å². The maximum Gasteiger partial charge on any atom is 0.335 e. The van der Waals surface area contributed by atoms with Gasteiger partial charge < -0.3 is 29.2 Å². The molecule has 0 unspecified atom stereocenters. The summed E-state index contributed by atoms with van der Waals surface area (Å²) in [5, 5.41) is 17.8. The van der Waals surface area contributed by atoms with Crippen LogP contribution in [0, 0.1) is 0 Å². The van der Waals surface area contributed by atoms with Crippen LogP contribution in [0.2, 0.25) is 0 Å². The molecule has 3 aromatic carbocycles. The smallest absolute Gasteiger partial charge is 0.335 e. The largest absolute Gasteiger partial charge is 0.490 e. The van der Waals surface area contributed by atoms with Crippen molar-refractivity contribution in [1.82, 2.24) is 0 Å². The van der Waals surface area contributed by atoms with Gasteiger partial charge in [-0.3, -0.25) is 0 Å². The monoisotopic (exact) mass is 586 g/mol. The van der Waals surface area contributed by atoms with Crippen LogP contribution in [-0.2, 0) is 25.5 Å². The minimum Gasteiger partial charge on any atom is -0.490 e. The molecular formula is C35H38O8. The van der Waals surface area contributed by atoms with Gasteiger partial charge in [0.2, 0.25) is 0 Å². The third-order valence-electron chi connectivity index (χ3n) is 6.44. The van der Waals surface area contributed by atoms with Crippen molar-refractivity contribution >= 4 is 11.9 Å². The molecule has 0 atom stereocenters. The summed E-state index contributed by atoms with van der Waals surface area (Å²) in [5.74, 6) is 0.0297. The predicted octanol–water partition coefficient (Wildman–Crippen LogP) is 5.47. The van der Waals surface area contributed by atoms with Crippen LogP contribution >= 0.6 is 0 Å². The molecule has 0 aliphatic heterocycles. The fourth-order valence-corrected chi connectivity index (χ4v) is 4.09. The highest BCUT2D eigenvalue weighted by Gasteiger charge is 2.11. The van der Waals surface area contributed by atoms with E-state index in [0.29, 0.717) is 11.5 Å². The van der Waals surface area contributed by atoms with Crippen LogP contribution in [0.15, 0.2) is 104 Å². The average molecular weight is 587 g/mol. The van der Waals surface area contributed by atoms with Gasteiger partial charge in [-0.1, -0.05) is 61.7 Å². The summed E-state index contributed by atoms with van der Waals surface area (Å²) < 4.78 is 21.4. The van der Waals surface area contributed by atoms with E-state index >= 15 is 0 Å². The molecule has 3 rings (SSSR count). The van der Waals surface area contributed by atoms with E-state index in [1.807, 2.05) is 54.6 Å². The minimum absolute atomic E-state index is 0.00459. The molecule has 0 fully saturated rings. The lowest BCUT2D eigenvalue weighted by Crippen LogP contribution is -2.14. The number of carbonyl (C=O) groups is 2. The zero-order valence-electron chi connectivity index (χ0n) is 24.3. The lowest BCUT2D eigenvalue weighted by molar-refractivity contribution is -0.141. The van der Waals surface area contributed by atoms with Gasteiger partial charge in [0.05, 0.1) is 24.4 Å². The zero-order chi connectivity index (χ0) is 31.0. The van der Waals surface area contributed by atoms with Crippen LogP contribution in [0.4, 0.5) is 0 Å². The Hall–Kier alpha value is -4.66. The topological polar surface area (TPSA) is 112 Å². The number of allylic oxidation sites excluding steroid dienone is 1. The third kappa shape index (κ3) is 10.3. The van der Waals surface area contributed by atoms with E-state index in [0.717, 1.165) is 41.5 Å². The first-order valence-electron chi connectivity index (χ1n) is 14.0. The van der Waals surface area contributed by atoms with Crippen LogP contribution in [0.3, 0.4) is 0 Å². The van der Waals surface area contributed by atoms with Gasteiger partial charge in [0.25, 0.3) is 0 Å². The number of benzene rings is 3. The summed E-state index contributed by atoms with van der Waals surface area (Å²) >= 11 is 0. The molecule has 2 N–H and O–H groups in total. The molecule has 8 heteroatoms. The van der Waals surface area contributed by atoms with E-state index in [1.54, 1.807) is 0 Å². The van der Waals surface area contributed by atoms with Gasteiger partial charge in [-0.25, -0.2) is 9.59 Å². The second-order valence-corrected chi connectivity index (χ2v) is 9.59. The molecule has 0 spiro atoms.